The molecule has 0 aromatic rings. The minimum absolute atomic E-state index is 0.778. The van der Waals surface area contributed by atoms with Crippen molar-refractivity contribution in [2.75, 3.05) is 0 Å². The number of oxime groups is 2. The van der Waals surface area contributed by atoms with Crippen molar-refractivity contribution in [3.8, 4) is 0 Å². The summed E-state index contributed by atoms with van der Waals surface area (Å²) in [6.45, 7) is 0. The molecule has 0 bridgehead atoms. The zero-order chi connectivity index (χ0) is 8.69. The summed E-state index contributed by atoms with van der Waals surface area (Å²) in [5.74, 6) is 0. The fourth-order valence-electron chi connectivity index (χ4n) is 0.223. The number of hydrogen-bond acceptors (Lipinski definition) is 7. The Hall–Kier alpha value is -1.74. The average molecular weight is 166 g/mol. The van der Waals surface area contributed by atoms with Gasteiger partial charge in [-0.25, -0.2) is 11.0 Å². The van der Waals surface area contributed by atoms with Crippen LogP contribution in [0.3, 0.4) is 0 Å². The van der Waals surface area contributed by atoms with Crippen LogP contribution < -0.4 is 11.0 Å². The summed E-state index contributed by atoms with van der Waals surface area (Å²) in [6.07, 6.45) is 0. The van der Waals surface area contributed by atoms with Gasteiger partial charge in [-0.2, -0.15) is 0 Å². The predicted octanol–water partition coefficient (Wildman–Crippen LogP) is -1.55. The van der Waals surface area contributed by atoms with Gasteiger partial charge in [0.05, 0.1) is 0 Å². The number of amidine groups is 2. The van der Waals surface area contributed by atoms with Crippen LogP contribution in [0.15, 0.2) is 10.3 Å². The number of hydroxylamine groups is 2. The van der Waals surface area contributed by atoms with Gasteiger partial charge in [0.1, 0.15) is 0 Å². The monoisotopic (exact) mass is 166 g/mol. The topological polar surface area (TPSA) is 139 Å². The van der Waals surface area contributed by atoms with E-state index in [1.54, 1.807) is 0 Å². The number of nitrogens with one attached hydrogen (secondary N) is 2. The summed E-state index contributed by atoms with van der Waals surface area (Å²) in [4.78, 5) is 0. The van der Waals surface area contributed by atoms with E-state index in [1.807, 2.05) is 0 Å². The Morgan fingerprint density at radius 1 is 1.00 bits per heavy atom. The molecule has 0 aromatic carbocycles. The molecule has 0 aromatic heterocycles. The van der Waals surface area contributed by atoms with Crippen LogP contribution in [0.2, 0.25) is 0 Å². The van der Waals surface area contributed by atoms with Gasteiger partial charge >= 0.3 is 12.0 Å². The molecule has 9 nitrogen and oxygen atoms in total. The molecule has 0 aliphatic heterocycles. The summed E-state index contributed by atoms with van der Waals surface area (Å²) in [6, 6.07) is -1.56. The molecule has 0 rings (SSSR count). The molecule has 0 aliphatic rings. The van der Waals surface area contributed by atoms with Gasteiger partial charge in [-0.1, -0.05) is 0 Å². The molecule has 11 heavy (non-hydrogen) atoms. The third-order valence-electron chi connectivity index (χ3n) is 0.566. The van der Waals surface area contributed by atoms with Crippen LogP contribution in [0.25, 0.3) is 0 Å². The van der Waals surface area contributed by atoms with E-state index >= 15 is 0 Å². The van der Waals surface area contributed by atoms with Gasteiger partial charge in [-0.15, -0.1) is 0 Å². The van der Waals surface area contributed by atoms with E-state index in [9.17, 15) is 0 Å². The van der Waals surface area contributed by atoms with E-state index in [4.69, 9.17) is 20.8 Å². The van der Waals surface area contributed by atoms with Gasteiger partial charge in [0.2, 0.25) is 0 Å². The first kappa shape index (κ1) is 9.26. The highest BCUT2D eigenvalue weighted by Gasteiger charge is 2.04. The lowest BCUT2D eigenvalue weighted by atomic mass is 11.1. The van der Waals surface area contributed by atoms with Crippen molar-refractivity contribution in [1.29, 1.82) is 0 Å². The first-order valence-electron chi connectivity index (χ1n) is 2.20. The Labute approximate surface area is 60.1 Å². The van der Waals surface area contributed by atoms with Gasteiger partial charge in [-0.05, 0) is 10.3 Å². The molecule has 0 unspecified atom stereocenters. The molecule has 64 valence electrons. The fourth-order valence-corrected chi connectivity index (χ4v) is 0.223. The highest BCUT2D eigenvalue weighted by atomic mass is 16.6. The molecule has 0 saturated carbocycles. The summed E-state index contributed by atoms with van der Waals surface area (Å²) in [7, 11) is 0. The largest absolute Gasteiger partial charge is 0.406 e. The third kappa shape index (κ3) is 3.07. The lowest BCUT2D eigenvalue weighted by Crippen LogP contribution is -2.31. The van der Waals surface area contributed by atoms with Crippen molar-refractivity contribution in [3.63, 3.8) is 0 Å². The summed E-state index contributed by atoms with van der Waals surface area (Å²) in [5, 5.41) is 36.7. The van der Waals surface area contributed by atoms with Crippen molar-refractivity contribution in [2.45, 2.75) is 0 Å². The van der Waals surface area contributed by atoms with Gasteiger partial charge in [0.25, 0.3) is 0 Å². The van der Waals surface area contributed by atoms with Gasteiger partial charge in [-0.3, -0.25) is 10.4 Å². The fraction of sp³-hybridized carbons (Fsp3) is 0. The maximum absolute atomic E-state index is 8.05. The molecule has 0 aliphatic carbocycles. The van der Waals surface area contributed by atoms with Crippen LogP contribution in [0.5, 0.6) is 0 Å². The Balaban J connectivity index is 4.00. The first-order valence-corrected chi connectivity index (χ1v) is 2.20. The first-order chi connectivity index (χ1) is 5.28. The number of hydrogen-bond donors (Lipinski definition) is 6. The number of ether oxygens (including phenoxy) is 1. The van der Waals surface area contributed by atoms with Gasteiger partial charge in [0.15, 0.2) is 0 Å². The maximum atomic E-state index is 8.05. The quantitative estimate of drug-likeness (QED) is 0.111. The van der Waals surface area contributed by atoms with E-state index < -0.39 is 12.0 Å². The molecule has 0 spiro atoms. The zero-order valence-electron chi connectivity index (χ0n) is 5.09. The molecule has 0 radical (unpaired) electrons. The SMILES string of the molecule is O/N=C(\NO)O/C(=N/O)NO. The number of rotatable bonds is 0. The lowest BCUT2D eigenvalue weighted by Gasteiger charge is -2.03. The maximum Gasteiger partial charge on any atom is 0.355 e. The second kappa shape index (κ2) is 5.08. The highest BCUT2D eigenvalue weighted by molar-refractivity contribution is 5.87. The molecule has 0 saturated heterocycles. The van der Waals surface area contributed by atoms with E-state index in [2.05, 4.69) is 15.0 Å². The van der Waals surface area contributed by atoms with Gasteiger partial charge < -0.3 is 15.2 Å². The van der Waals surface area contributed by atoms with Crippen molar-refractivity contribution < 1.29 is 25.6 Å². The second-order valence-corrected chi connectivity index (χ2v) is 1.14. The van der Waals surface area contributed by atoms with Crippen molar-refractivity contribution in [1.82, 2.24) is 11.0 Å². The highest BCUT2D eigenvalue weighted by Crippen LogP contribution is 1.77. The smallest absolute Gasteiger partial charge is 0.355 e. The van der Waals surface area contributed by atoms with Crippen molar-refractivity contribution >= 4 is 12.0 Å². The molecular weight excluding hydrogens is 160 g/mol. The van der Waals surface area contributed by atoms with Crippen molar-refractivity contribution in [3.05, 3.63) is 0 Å². The van der Waals surface area contributed by atoms with Crippen LogP contribution in [-0.2, 0) is 4.74 Å². The minimum atomic E-state index is -0.778. The van der Waals surface area contributed by atoms with E-state index in [0.29, 0.717) is 0 Å². The summed E-state index contributed by atoms with van der Waals surface area (Å²) in [5.41, 5.74) is 2.57. The Morgan fingerprint density at radius 2 is 1.36 bits per heavy atom. The Kier molecular flexibility index (Phi) is 4.27. The van der Waals surface area contributed by atoms with Crippen molar-refractivity contribution in [2.24, 2.45) is 10.3 Å². The molecule has 0 atom stereocenters. The van der Waals surface area contributed by atoms with E-state index in [0.717, 1.165) is 0 Å². The minimum Gasteiger partial charge on any atom is -0.406 e. The second-order valence-electron chi connectivity index (χ2n) is 1.14. The lowest BCUT2D eigenvalue weighted by molar-refractivity contribution is 0.163. The summed E-state index contributed by atoms with van der Waals surface area (Å²) < 4.78 is 4.12. The Bertz CT molecular complexity index is 148. The van der Waals surface area contributed by atoms with E-state index in [1.165, 1.54) is 11.0 Å². The van der Waals surface area contributed by atoms with Crippen LogP contribution in [0, 0.1) is 0 Å². The normalized spacial score (nSPS) is 12.5. The molecule has 0 heterocycles. The molecule has 0 amide bonds. The average Bonchev–Trinajstić information content (AvgIpc) is 2.07. The summed E-state index contributed by atoms with van der Waals surface area (Å²) >= 11 is 0. The molecule has 6 N–H and O–H groups in total. The van der Waals surface area contributed by atoms with E-state index in [-0.39, 0.29) is 0 Å². The van der Waals surface area contributed by atoms with Crippen LogP contribution >= 0.6 is 0 Å². The van der Waals surface area contributed by atoms with Crippen LogP contribution in [0.4, 0.5) is 0 Å². The molecule has 9 heteroatoms. The van der Waals surface area contributed by atoms with Crippen LogP contribution in [0.1, 0.15) is 0 Å². The standard InChI is InChI=1S/C2H6N4O5/c7-3-1(4-8)11-2(5-9)6-10/h7-10H,(H,3,4)(H,5,6). The molecular formula is C2H6N4O5. The third-order valence-corrected chi connectivity index (χ3v) is 0.566. The zero-order valence-corrected chi connectivity index (χ0v) is 5.09. The molecule has 0 fully saturated rings. The van der Waals surface area contributed by atoms with Crippen LogP contribution in [-0.4, -0.2) is 32.9 Å². The Morgan fingerprint density at radius 3 is 1.55 bits per heavy atom. The number of nitrogens with zero attached hydrogens (tertiary/aromatic N) is 2. The predicted molar refractivity (Wildman–Crippen MR) is 29.4 cm³/mol. The van der Waals surface area contributed by atoms with Gasteiger partial charge in [0, 0.05) is 0 Å².